The van der Waals surface area contributed by atoms with Crippen LogP contribution in [0.25, 0.3) is 6.08 Å². The summed E-state index contributed by atoms with van der Waals surface area (Å²) in [5.41, 5.74) is 2.90. The molecule has 0 aromatic heterocycles. The average Bonchev–Trinajstić information content (AvgIpc) is 2.16. The Hall–Kier alpha value is -1.26. The molecular weight excluding hydrogens is 182 g/mol. The smallest absolute Gasteiger partial charge is 0.0991 e. The van der Waals surface area contributed by atoms with E-state index < -0.39 is 0 Å². The van der Waals surface area contributed by atoms with Crippen LogP contribution in [0, 0.1) is 18.3 Å². The van der Waals surface area contributed by atoms with Gasteiger partial charge < -0.3 is 0 Å². The molecule has 0 bridgehead atoms. The zero-order valence-corrected chi connectivity index (χ0v) is 8.17. The number of aryl methyl sites for hydroxylation is 1. The van der Waals surface area contributed by atoms with E-state index in [0.29, 0.717) is 11.4 Å². The van der Waals surface area contributed by atoms with E-state index in [9.17, 15) is 0 Å². The van der Waals surface area contributed by atoms with Crippen LogP contribution in [0.2, 0.25) is 0 Å². The zero-order chi connectivity index (χ0) is 9.68. The number of nitriles is 1. The van der Waals surface area contributed by atoms with Crippen LogP contribution in [0.4, 0.5) is 0 Å². The molecule has 0 unspecified atom stereocenters. The largest absolute Gasteiger partial charge is 0.192 e. The van der Waals surface area contributed by atoms with Gasteiger partial charge in [-0.1, -0.05) is 18.2 Å². The van der Waals surface area contributed by atoms with Gasteiger partial charge >= 0.3 is 0 Å². The molecule has 0 heterocycles. The zero-order valence-electron chi connectivity index (χ0n) is 7.42. The molecule has 0 saturated carbocycles. The van der Waals surface area contributed by atoms with Gasteiger partial charge in [0.1, 0.15) is 0 Å². The van der Waals surface area contributed by atoms with Crippen molar-refractivity contribution in [1.82, 2.24) is 0 Å². The number of benzene rings is 1. The van der Waals surface area contributed by atoms with Gasteiger partial charge in [0.15, 0.2) is 0 Å². The highest BCUT2D eigenvalue weighted by molar-refractivity contribution is 6.19. The molecule has 1 aromatic rings. The Morgan fingerprint density at radius 1 is 1.54 bits per heavy atom. The summed E-state index contributed by atoms with van der Waals surface area (Å²) in [5, 5.41) is 8.64. The fraction of sp³-hybridized carbons (Fsp3) is 0.182. The standard InChI is InChI=1S/C11H10ClN/c1-9-7-10(8-13)4-5-11(9)3-2-6-12/h2-5,7H,6H2,1H3. The van der Waals surface area contributed by atoms with Gasteiger partial charge in [-0.15, -0.1) is 11.6 Å². The van der Waals surface area contributed by atoms with Crippen molar-refractivity contribution in [3.63, 3.8) is 0 Å². The number of nitrogens with zero attached hydrogens (tertiary/aromatic N) is 1. The molecule has 0 aliphatic carbocycles. The lowest BCUT2D eigenvalue weighted by molar-refractivity contribution is 1.40. The van der Waals surface area contributed by atoms with Gasteiger partial charge in [-0.2, -0.15) is 5.26 Å². The summed E-state index contributed by atoms with van der Waals surface area (Å²) in [6, 6.07) is 7.70. The van der Waals surface area contributed by atoms with E-state index in [2.05, 4.69) is 6.07 Å². The molecule has 13 heavy (non-hydrogen) atoms. The first kappa shape index (κ1) is 9.83. The van der Waals surface area contributed by atoms with E-state index in [1.165, 1.54) is 0 Å². The topological polar surface area (TPSA) is 23.8 Å². The molecule has 1 nitrogen and oxygen atoms in total. The van der Waals surface area contributed by atoms with Crippen LogP contribution in [-0.2, 0) is 0 Å². The Labute approximate surface area is 83.3 Å². The van der Waals surface area contributed by atoms with Crippen molar-refractivity contribution >= 4 is 17.7 Å². The highest BCUT2D eigenvalue weighted by Crippen LogP contribution is 2.12. The molecule has 0 amide bonds. The predicted octanol–water partition coefficient (Wildman–Crippen LogP) is 3.12. The van der Waals surface area contributed by atoms with Crippen molar-refractivity contribution in [2.75, 3.05) is 5.88 Å². The first-order chi connectivity index (χ1) is 6.27. The highest BCUT2D eigenvalue weighted by atomic mass is 35.5. The van der Waals surface area contributed by atoms with Crippen LogP contribution in [-0.4, -0.2) is 5.88 Å². The fourth-order valence-corrected chi connectivity index (χ4v) is 1.19. The Kier molecular flexibility index (Phi) is 3.54. The Bertz CT molecular complexity index is 361. The molecule has 0 saturated heterocycles. The number of hydrogen-bond acceptors (Lipinski definition) is 1. The SMILES string of the molecule is Cc1cc(C#N)ccc1C=CCCl. The van der Waals surface area contributed by atoms with E-state index in [4.69, 9.17) is 16.9 Å². The van der Waals surface area contributed by atoms with Gasteiger partial charge in [-0.25, -0.2) is 0 Å². The van der Waals surface area contributed by atoms with Crippen LogP contribution < -0.4 is 0 Å². The maximum atomic E-state index is 8.64. The first-order valence-corrected chi connectivity index (χ1v) is 4.54. The van der Waals surface area contributed by atoms with Gasteiger partial charge in [0.05, 0.1) is 11.6 Å². The minimum absolute atomic E-state index is 0.513. The summed E-state index contributed by atoms with van der Waals surface area (Å²) in [6.45, 7) is 1.98. The van der Waals surface area contributed by atoms with Crippen molar-refractivity contribution in [1.29, 1.82) is 5.26 Å². The quantitative estimate of drug-likeness (QED) is 0.659. The monoisotopic (exact) mass is 191 g/mol. The van der Waals surface area contributed by atoms with Crippen LogP contribution >= 0.6 is 11.6 Å². The van der Waals surface area contributed by atoms with Crippen LogP contribution in [0.3, 0.4) is 0 Å². The molecule has 0 atom stereocenters. The number of alkyl halides is 1. The molecule has 2 heteroatoms. The first-order valence-electron chi connectivity index (χ1n) is 4.01. The third-order valence-corrected chi connectivity index (χ3v) is 1.96. The lowest BCUT2D eigenvalue weighted by Crippen LogP contribution is -1.82. The van der Waals surface area contributed by atoms with Gasteiger partial charge in [0, 0.05) is 5.88 Å². The third kappa shape index (κ3) is 2.61. The summed E-state index contributed by atoms with van der Waals surface area (Å²) < 4.78 is 0. The van der Waals surface area contributed by atoms with E-state index >= 15 is 0 Å². The molecule has 0 radical (unpaired) electrons. The highest BCUT2D eigenvalue weighted by Gasteiger charge is 1.95. The summed E-state index contributed by atoms with van der Waals surface area (Å²) in [4.78, 5) is 0. The van der Waals surface area contributed by atoms with E-state index in [-0.39, 0.29) is 0 Å². The van der Waals surface area contributed by atoms with Crippen LogP contribution in [0.5, 0.6) is 0 Å². The Morgan fingerprint density at radius 2 is 2.31 bits per heavy atom. The van der Waals surface area contributed by atoms with E-state index in [1.807, 2.05) is 31.2 Å². The van der Waals surface area contributed by atoms with Crippen LogP contribution in [0.15, 0.2) is 24.3 Å². The minimum Gasteiger partial charge on any atom is -0.192 e. The Morgan fingerprint density at radius 3 is 2.85 bits per heavy atom. The Balaban J connectivity index is 3.00. The van der Waals surface area contributed by atoms with Crippen molar-refractivity contribution in [3.8, 4) is 6.07 Å². The molecule has 0 fully saturated rings. The molecule has 1 rings (SSSR count). The lowest BCUT2D eigenvalue weighted by Gasteiger charge is -1.99. The summed E-state index contributed by atoms with van der Waals surface area (Å²) in [6.07, 6.45) is 3.85. The second-order valence-electron chi connectivity index (χ2n) is 2.74. The summed E-state index contributed by atoms with van der Waals surface area (Å²) in [5.74, 6) is 0.513. The van der Waals surface area contributed by atoms with Crippen molar-refractivity contribution < 1.29 is 0 Å². The minimum atomic E-state index is 0.513. The molecular formula is C11H10ClN. The molecule has 66 valence electrons. The van der Waals surface area contributed by atoms with Gasteiger partial charge in [0.25, 0.3) is 0 Å². The molecule has 0 aliphatic heterocycles. The summed E-state index contributed by atoms with van der Waals surface area (Å²) >= 11 is 5.52. The molecule has 1 aromatic carbocycles. The summed E-state index contributed by atoms with van der Waals surface area (Å²) in [7, 11) is 0. The van der Waals surface area contributed by atoms with Gasteiger partial charge in [-0.05, 0) is 30.2 Å². The second-order valence-corrected chi connectivity index (χ2v) is 3.05. The average molecular weight is 192 g/mol. The second kappa shape index (κ2) is 4.69. The molecule has 0 spiro atoms. The lowest BCUT2D eigenvalue weighted by atomic mass is 10.1. The third-order valence-electron chi connectivity index (χ3n) is 1.79. The normalized spacial score (nSPS) is 10.2. The van der Waals surface area contributed by atoms with Crippen molar-refractivity contribution in [3.05, 3.63) is 41.0 Å². The fourth-order valence-electron chi connectivity index (χ4n) is 1.10. The number of halogens is 1. The number of allylic oxidation sites excluding steroid dienone is 1. The number of hydrogen-bond donors (Lipinski definition) is 0. The van der Waals surface area contributed by atoms with Crippen LogP contribution in [0.1, 0.15) is 16.7 Å². The maximum absolute atomic E-state index is 8.64. The predicted molar refractivity (Wildman–Crippen MR) is 55.6 cm³/mol. The van der Waals surface area contributed by atoms with Gasteiger partial charge in [0.2, 0.25) is 0 Å². The number of rotatable bonds is 2. The van der Waals surface area contributed by atoms with E-state index in [0.717, 1.165) is 11.1 Å². The molecule has 0 N–H and O–H groups in total. The van der Waals surface area contributed by atoms with Crippen molar-refractivity contribution in [2.45, 2.75) is 6.92 Å². The maximum Gasteiger partial charge on any atom is 0.0991 e. The van der Waals surface area contributed by atoms with Gasteiger partial charge in [-0.3, -0.25) is 0 Å². The molecule has 0 aliphatic rings. The van der Waals surface area contributed by atoms with E-state index in [1.54, 1.807) is 6.07 Å². The van der Waals surface area contributed by atoms with Crippen molar-refractivity contribution in [2.24, 2.45) is 0 Å².